The third-order valence-electron chi connectivity index (χ3n) is 4.03. The second-order valence-corrected chi connectivity index (χ2v) is 7.30. The van der Waals surface area contributed by atoms with Crippen molar-refractivity contribution in [2.45, 2.75) is 51.7 Å². The van der Waals surface area contributed by atoms with Crippen LogP contribution >= 0.6 is 11.6 Å². The van der Waals surface area contributed by atoms with E-state index in [1.807, 2.05) is 20.8 Å². The molecule has 0 bridgehead atoms. The van der Waals surface area contributed by atoms with Gasteiger partial charge in [-0.2, -0.15) is 0 Å². The Hall–Kier alpha value is -1.26. The standard InChI is InChI=1S/C16H22ClNO3/c1-14(2,3)21-13(19)16(7-8-16)15(4,20)10-5-6-11(17)12(18)9-10/h5-6,9,20H,7-8,18H2,1-4H3. The summed E-state index contributed by atoms with van der Waals surface area (Å²) in [5.41, 5.74) is 3.94. The molecule has 1 unspecified atom stereocenters. The van der Waals surface area contributed by atoms with Crippen molar-refractivity contribution in [3.8, 4) is 0 Å². The molecule has 3 N–H and O–H groups in total. The van der Waals surface area contributed by atoms with Crippen molar-refractivity contribution in [2.75, 3.05) is 5.73 Å². The fourth-order valence-electron chi connectivity index (χ4n) is 2.51. The van der Waals surface area contributed by atoms with E-state index in [9.17, 15) is 9.90 Å². The van der Waals surface area contributed by atoms with Gasteiger partial charge in [0.25, 0.3) is 0 Å². The second kappa shape index (κ2) is 4.89. The minimum absolute atomic E-state index is 0.367. The zero-order valence-corrected chi connectivity index (χ0v) is 13.6. The normalized spacial score (nSPS) is 19.7. The number of esters is 1. The van der Waals surface area contributed by atoms with Gasteiger partial charge in [-0.15, -0.1) is 0 Å². The summed E-state index contributed by atoms with van der Waals surface area (Å²) in [6.07, 6.45) is 1.19. The summed E-state index contributed by atoms with van der Waals surface area (Å²) in [7, 11) is 0. The molecule has 0 heterocycles. The van der Waals surface area contributed by atoms with Gasteiger partial charge in [-0.3, -0.25) is 4.79 Å². The van der Waals surface area contributed by atoms with Crippen LogP contribution in [0.5, 0.6) is 0 Å². The highest BCUT2D eigenvalue weighted by atomic mass is 35.5. The first-order valence-electron chi connectivity index (χ1n) is 7.01. The van der Waals surface area contributed by atoms with Gasteiger partial charge in [0.1, 0.15) is 16.6 Å². The number of carbonyl (C=O) groups is 1. The topological polar surface area (TPSA) is 72.5 Å². The molecule has 4 nitrogen and oxygen atoms in total. The lowest BCUT2D eigenvalue weighted by molar-refractivity contribution is -0.173. The third-order valence-corrected chi connectivity index (χ3v) is 4.37. The van der Waals surface area contributed by atoms with E-state index in [1.54, 1.807) is 25.1 Å². The Bertz CT molecular complexity index is 571. The van der Waals surface area contributed by atoms with Crippen molar-refractivity contribution in [2.24, 2.45) is 5.41 Å². The highest BCUT2D eigenvalue weighted by Crippen LogP contribution is 2.59. The Balaban J connectivity index is 2.34. The first-order valence-corrected chi connectivity index (χ1v) is 7.39. The predicted octanol–water partition coefficient (Wildman–Crippen LogP) is 3.25. The lowest BCUT2D eigenvalue weighted by atomic mass is 9.79. The third kappa shape index (κ3) is 2.87. The lowest BCUT2D eigenvalue weighted by Crippen LogP contribution is -2.42. The molecule has 2 rings (SSSR count). The smallest absolute Gasteiger partial charge is 0.315 e. The van der Waals surface area contributed by atoms with E-state index >= 15 is 0 Å². The molecule has 1 aliphatic carbocycles. The summed E-state index contributed by atoms with van der Waals surface area (Å²) in [4.78, 5) is 12.5. The monoisotopic (exact) mass is 311 g/mol. The minimum atomic E-state index is -1.34. The van der Waals surface area contributed by atoms with Crippen LogP contribution in [0.4, 0.5) is 5.69 Å². The highest BCUT2D eigenvalue weighted by molar-refractivity contribution is 6.33. The molecular weight excluding hydrogens is 290 g/mol. The number of benzene rings is 1. The number of carbonyl (C=O) groups excluding carboxylic acids is 1. The molecule has 1 fully saturated rings. The molecule has 0 amide bonds. The van der Waals surface area contributed by atoms with Crippen LogP contribution < -0.4 is 5.73 Å². The van der Waals surface area contributed by atoms with Gasteiger partial charge in [-0.05, 0) is 58.2 Å². The molecule has 0 radical (unpaired) electrons. The zero-order chi connectivity index (χ0) is 16.1. The van der Waals surface area contributed by atoms with Crippen molar-refractivity contribution in [1.29, 1.82) is 0 Å². The van der Waals surface area contributed by atoms with E-state index in [1.165, 1.54) is 0 Å². The number of hydrogen-bond donors (Lipinski definition) is 2. The lowest BCUT2D eigenvalue weighted by Gasteiger charge is -2.34. The summed E-state index contributed by atoms with van der Waals surface area (Å²) in [6.45, 7) is 7.08. The molecule has 0 aromatic heterocycles. The maximum absolute atomic E-state index is 12.5. The number of anilines is 1. The van der Waals surface area contributed by atoms with Gasteiger partial charge in [0.05, 0.1) is 10.7 Å². The fraction of sp³-hybridized carbons (Fsp3) is 0.562. The Kier molecular flexibility index (Phi) is 3.75. The SMILES string of the molecule is CC(C)(C)OC(=O)C1(C(C)(O)c2ccc(Cl)c(N)c2)CC1. The number of ether oxygens (including phenoxy) is 1. The van der Waals surface area contributed by atoms with Crippen LogP contribution in [0, 0.1) is 5.41 Å². The van der Waals surface area contributed by atoms with Gasteiger partial charge in [0, 0.05) is 0 Å². The average molecular weight is 312 g/mol. The van der Waals surface area contributed by atoms with Crippen LogP contribution in [-0.4, -0.2) is 16.7 Å². The summed E-state index contributed by atoms with van der Waals surface area (Å²) in [6, 6.07) is 4.95. The number of hydrogen-bond acceptors (Lipinski definition) is 4. The molecule has 0 spiro atoms. The van der Waals surface area contributed by atoms with E-state index in [-0.39, 0.29) is 5.97 Å². The van der Waals surface area contributed by atoms with Gasteiger partial charge >= 0.3 is 5.97 Å². The molecule has 1 aliphatic rings. The molecule has 0 aliphatic heterocycles. The average Bonchev–Trinajstić information content (AvgIpc) is 3.11. The van der Waals surface area contributed by atoms with Gasteiger partial charge in [0.15, 0.2) is 0 Å². The molecule has 1 aromatic carbocycles. The number of rotatable bonds is 3. The van der Waals surface area contributed by atoms with Gasteiger partial charge < -0.3 is 15.6 Å². The van der Waals surface area contributed by atoms with E-state index in [0.717, 1.165) is 0 Å². The van der Waals surface area contributed by atoms with Crippen LogP contribution in [0.2, 0.25) is 5.02 Å². The first-order chi connectivity index (χ1) is 9.49. The van der Waals surface area contributed by atoms with E-state index in [4.69, 9.17) is 22.1 Å². The minimum Gasteiger partial charge on any atom is -0.459 e. The summed E-state index contributed by atoms with van der Waals surface area (Å²) in [5, 5.41) is 11.4. The molecule has 21 heavy (non-hydrogen) atoms. The predicted molar refractivity (Wildman–Crippen MR) is 82.9 cm³/mol. The van der Waals surface area contributed by atoms with Crippen LogP contribution in [0.1, 0.15) is 46.1 Å². The van der Waals surface area contributed by atoms with Crippen molar-refractivity contribution < 1.29 is 14.6 Å². The van der Waals surface area contributed by atoms with E-state index < -0.39 is 16.6 Å². The molecular formula is C16H22ClNO3. The second-order valence-electron chi connectivity index (χ2n) is 6.89. The zero-order valence-electron chi connectivity index (χ0n) is 12.9. The summed E-state index contributed by atoms with van der Waals surface area (Å²) >= 11 is 5.91. The van der Waals surface area contributed by atoms with E-state index in [2.05, 4.69) is 0 Å². The Labute approximate surface area is 130 Å². The van der Waals surface area contributed by atoms with Crippen molar-refractivity contribution in [3.05, 3.63) is 28.8 Å². The van der Waals surface area contributed by atoms with Crippen LogP contribution in [0.3, 0.4) is 0 Å². The molecule has 1 atom stereocenters. The maximum Gasteiger partial charge on any atom is 0.315 e. The largest absolute Gasteiger partial charge is 0.459 e. The molecule has 5 heteroatoms. The molecule has 1 saturated carbocycles. The highest BCUT2D eigenvalue weighted by Gasteiger charge is 2.64. The van der Waals surface area contributed by atoms with Crippen LogP contribution in [-0.2, 0) is 15.1 Å². The van der Waals surface area contributed by atoms with Gasteiger partial charge in [0.2, 0.25) is 0 Å². The van der Waals surface area contributed by atoms with Crippen LogP contribution in [0.25, 0.3) is 0 Å². The fourth-order valence-corrected chi connectivity index (χ4v) is 2.63. The number of halogens is 1. The summed E-state index contributed by atoms with van der Waals surface area (Å²) in [5.74, 6) is -0.367. The quantitative estimate of drug-likeness (QED) is 0.664. The number of nitrogen functional groups attached to an aromatic ring is 1. The van der Waals surface area contributed by atoms with Crippen molar-refractivity contribution in [1.82, 2.24) is 0 Å². The Morgan fingerprint density at radius 3 is 2.33 bits per heavy atom. The summed E-state index contributed by atoms with van der Waals surface area (Å²) < 4.78 is 5.47. The van der Waals surface area contributed by atoms with Gasteiger partial charge in [-0.1, -0.05) is 17.7 Å². The molecule has 0 saturated heterocycles. The number of nitrogens with two attached hydrogens (primary N) is 1. The Morgan fingerprint density at radius 1 is 1.33 bits per heavy atom. The maximum atomic E-state index is 12.5. The van der Waals surface area contributed by atoms with Crippen LogP contribution in [0.15, 0.2) is 18.2 Å². The van der Waals surface area contributed by atoms with Crippen molar-refractivity contribution >= 4 is 23.3 Å². The Morgan fingerprint density at radius 2 is 1.90 bits per heavy atom. The number of aliphatic hydroxyl groups is 1. The first kappa shape index (κ1) is 16.1. The van der Waals surface area contributed by atoms with Gasteiger partial charge in [-0.25, -0.2) is 0 Å². The van der Waals surface area contributed by atoms with E-state index in [0.29, 0.717) is 29.1 Å². The van der Waals surface area contributed by atoms with Crippen molar-refractivity contribution in [3.63, 3.8) is 0 Å². The molecule has 116 valence electrons. The molecule has 1 aromatic rings.